The number of carbonyl (C=O) groups excluding carboxylic acids is 1. The SMILES string of the molecule is COc1nn(C)c2c(-c3ccc(Cl)nc3C(Cc3cc(F)cc(F)c3)NC(=O)n3nc(C(F)(F)F)c4c3C(F)(F)CC4)ccc(Cl)c12. The highest BCUT2D eigenvalue weighted by molar-refractivity contribution is 6.36. The summed E-state index contributed by atoms with van der Waals surface area (Å²) in [6.45, 7) is 0. The molecule has 47 heavy (non-hydrogen) atoms. The summed E-state index contributed by atoms with van der Waals surface area (Å²) in [5, 5.41) is 10.6. The lowest BCUT2D eigenvalue weighted by atomic mass is 9.94. The largest absolute Gasteiger partial charge is 0.479 e. The molecular formula is C30H21Cl2F7N6O2. The van der Waals surface area contributed by atoms with E-state index in [1.807, 2.05) is 0 Å². The van der Waals surface area contributed by atoms with Crippen LogP contribution in [0.2, 0.25) is 10.2 Å². The lowest BCUT2D eigenvalue weighted by molar-refractivity contribution is -0.142. The van der Waals surface area contributed by atoms with Crippen molar-refractivity contribution in [3.05, 3.63) is 92.5 Å². The van der Waals surface area contributed by atoms with Crippen LogP contribution in [-0.4, -0.2) is 37.7 Å². The number of pyridine rings is 1. The van der Waals surface area contributed by atoms with Gasteiger partial charge in [0.2, 0.25) is 5.88 Å². The molecule has 0 saturated heterocycles. The molecule has 1 amide bonds. The van der Waals surface area contributed by atoms with E-state index >= 15 is 0 Å². The fourth-order valence-corrected chi connectivity index (χ4v) is 6.26. The van der Waals surface area contributed by atoms with Gasteiger partial charge in [-0.1, -0.05) is 29.3 Å². The van der Waals surface area contributed by atoms with E-state index in [1.54, 1.807) is 19.2 Å². The number of nitrogens with one attached hydrogen (secondary N) is 1. The first-order chi connectivity index (χ1) is 22.1. The molecule has 8 nitrogen and oxygen atoms in total. The normalized spacial score (nSPS) is 14.8. The number of aryl methyl sites for hydroxylation is 1. The predicted molar refractivity (Wildman–Crippen MR) is 157 cm³/mol. The molecule has 0 saturated carbocycles. The number of hydrogen-bond acceptors (Lipinski definition) is 5. The highest BCUT2D eigenvalue weighted by Crippen LogP contribution is 2.47. The van der Waals surface area contributed by atoms with Crippen molar-refractivity contribution in [3.63, 3.8) is 0 Å². The zero-order valence-electron chi connectivity index (χ0n) is 24.2. The molecule has 246 valence electrons. The summed E-state index contributed by atoms with van der Waals surface area (Å²) in [7, 11) is 3.00. The van der Waals surface area contributed by atoms with Crippen molar-refractivity contribution in [2.24, 2.45) is 7.05 Å². The first-order valence-corrected chi connectivity index (χ1v) is 14.5. The van der Waals surface area contributed by atoms with Crippen molar-refractivity contribution in [3.8, 4) is 17.0 Å². The average molecular weight is 701 g/mol. The number of nitrogens with zero attached hydrogens (tertiary/aromatic N) is 5. The van der Waals surface area contributed by atoms with E-state index in [4.69, 9.17) is 27.9 Å². The fourth-order valence-electron chi connectivity index (χ4n) is 5.87. The Hall–Kier alpha value is -4.37. The second-order valence-electron chi connectivity index (χ2n) is 10.8. The molecule has 1 aliphatic carbocycles. The molecule has 3 heterocycles. The Labute approximate surface area is 271 Å². The van der Waals surface area contributed by atoms with Crippen LogP contribution < -0.4 is 10.1 Å². The molecule has 6 rings (SSSR count). The average Bonchev–Trinajstić information content (AvgIpc) is 3.64. The van der Waals surface area contributed by atoms with E-state index in [-0.39, 0.29) is 37.6 Å². The molecule has 0 fully saturated rings. The maximum atomic E-state index is 14.9. The van der Waals surface area contributed by atoms with Gasteiger partial charge in [-0.05, 0) is 48.7 Å². The lowest BCUT2D eigenvalue weighted by Gasteiger charge is -2.23. The van der Waals surface area contributed by atoms with Crippen LogP contribution in [0.1, 0.15) is 40.7 Å². The van der Waals surface area contributed by atoms with Gasteiger partial charge in [0.1, 0.15) is 22.5 Å². The number of rotatable bonds is 6. The fraction of sp³-hybridized carbons (Fsp3) is 0.267. The summed E-state index contributed by atoms with van der Waals surface area (Å²) in [6.07, 6.45) is -7.14. The molecule has 2 aromatic carbocycles. The topological polar surface area (TPSA) is 86.9 Å². The number of carbonyl (C=O) groups is 1. The smallest absolute Gasteiger partial charge is 0.435 e. The maximum Gasteiger partial charge on any atom is 0.435 e. The van der Waals surface area contributed by atoms with Gasteiger partial charge >= 0.3 is 12.2 Å². The van der Waals surface area contributed by atoms with Gasteiger partial charge in [0.05, 0.1) is 34.8 Å². The molecule has 3 aromatic heterocycles. The van der Waals surface area contributed by atoms with Crippen molar-refractivity contribution in [1.82, 2.24) is 29.9 Å². The van der Waals surface area contributed by atoms with Gasteiger partial charge in [-0.3, -0.25) is 4.68 Å². The van der Waals surface area contributed by atoms with Crippen LogP contribution in [0.3, 0.4) is 0 Å². The van der Waals surface area contributed by atoms with Crippen molar-refractivity contribution in [2.75, 3.05) is 7.11 Å². The van der Waals surface area contributed by atoms with Crippen LogP contribution in [0.5, 0.6) is 5.88 Å². The molecule has 1 atom stereocenters. The van der Waals surface area contributed by atoms with Crippen LogP contribution in [0.4, 0.5) is 35.5 Å². The quantitative estimate of drug-likeness (QED) is 0.143. The zero-order chi connectivity index (χ0) is 34.0. The van der Waals surface area contributed by atoms with Gasteiger partial charge in [0.15, 0.2) is 5.69 Å². The standard InChI is InChI=1S/C30H21Cl2F7N6O2/c1-44-24-17(3-5-19(31)22(24)27(43-44)47-2)16-4-6-21(32)41-23(16)20(11-13-9-14(33)12-15(34)10-13)40-28(46)45-26-18(7-8-29(26,35)36)25(42-45)30(37,38)39/h3-6,9-10,12,20H,7-8,11H2,1-2H3,(H,40,46). The van der Waals surface area contributed by atoms with Gasteiger partial charge in [-0.2, -0.15) is 31.7 Å². The molecule has 17 heteroatoms. The highest BCUT2D eigenvalue weighted by Gasteiger charge is 2.51. The van der Waals surface area contributed by atoms with Gasteiger partial charge in [0.25, 0.3) is 5.92 Å². The third-order valence-corrected chi connectivity index (χ3v) is 8.27. The molecular weight excluding hydrogens is 680 g/mol. The number of ether oxygens (including phenoxy) is 1. The number of fused-ring (bicyclic) bond motifs is 2. The number of halogens is 9. The van der Waals surface area contributed by atoms with E-state index in [9.17, 15) is 35.5 Å². The number of benzene rings is 2. The van der Waals surface area contributed by atoms with E-state index in [0.29, 0.717) is 22.5 Å². The van der Waals surface area contributed by atoms with Gasteiger partial charge in [-0.25, -0.2) is 18.6 Å². The zero-order valence-corrected chi connectivity index (χ0v) is 25.7. The highest BCUT2D eigenvalue weighted by atomic mass is 35.5. The monoisotopic (exact) mass is 700 g/mol. The van der Waals surface area contributed by atoms with Crippen LogP contribution >= 0.6 is 23.2 Å². The summed E-state index contributed by atoms with van der Waals surface area (Å²) in [5.74, 6) is -5.51. The lowest BCUT2D eigenvalue weighted by Crippen LogP contribution is -2.37. The Kier molecular flexibility index (Phi) is 8.11. The predicted octanol–water partition coefficient (Wildman–Crippen LogP) is 8.02. The second kappa shape index (κ2) is 11.7. The van der Waals surface area contributed by atoms with Crippen molar-refractivity contribution in [1.29, 1.82) is 0 Å². The molecule has 0 bridgehead atoms. The van der Waals surface area contributed by atoms with Crippen molar-refractivity contribution >= 4 is 40.1 Å². The minimum atomic E-state index is -5.12. The molecule has 0 spiro atoms. The first-order valence-electron chi connectivity index (χ1n) is 13.8. The van der Waals surface area contributed by atoms with E-state index < -0.39 is 72.0 Å². The minimum Gasteiger partial charge on any atom is -0.479 e. The number of aromatic nitrogens is 5. The molecule has 1 N–H and O–H groups in total. The molecule has 1 unspecified atom stereocenters. The summed E-state index contributed by atoms with van der Waals surface area (Å²) >= 11 is 12.7. The Morgan fingerprint density at radius 2 is 1.74 bits per heavy atom. The number of amides is 1. The van der Waals surface area contributed by atoms with E-state index in [0.717, 1.165) is 12.1 Å². The van der Waals surface area contributed by atoms with Gasteiger partial charge in [0, 0.05) is 36.2 Å². The Balaban J connectivity index is 1.53. The van der Waals surface area contributed by atoms with E-state index in [1.165, 1.54) is 23.9 Å². The number of methoxy groups -OCH3 is 1. The van der Waals surface area contributed by atoms with Crippen LogP contribution in [0.25, 0.3) is 22.0 Å². The number of alkyl halides is 5. The first kappa shape index (κ1) is 32.6. The minimum absolute atomic E-state index is 0.00372. The Bertz CT molecular complexity index is 2040. The van der Waals surface area contributed by atoms with Crippen LogP contribution in [0, 0.1) is 11.6 Å². The van der Waals surface area contributed by atoms with Gasteiger partial charge in [-0.15, -0.1) is 5.10 Å². The Morgan fingerprint density at radius 1 is 1.06 bits per heavy atom. The summed E-state index contributed by atoms with van der Waals surface area (Å²) in [5.41, 5.74) is -2.47. The van der Waals surface area contributed by atoms with Crippen molar-refractivity contribution in [2.45, 2.75) is 37.4 Å². The van der Waals surface area contributed by atoms with Gasteiger partial charge < -0.3 is 10.1 Å². The van der Waals surface area contributed by atoms with Crippen molar-refractivity contribution < 1.29 is 40.3 Å². The van der Waals surface area contributed by atoms with Crippen LogP contribution in [0.15, 0.2) is 42.5 Å². The third kappa shape index (κ3) is 5.86. The second-order valence-corrected chi connectivity index (χ2v) is 11.6. The Morgan fingerprint density at radius 3 is 2.40 bits per heavy atom. The third-order valence-electron chi connectivity index (χ3n) is 7.75. The molecule has 1 aliphatic rings. The molecule has 5 aromatic rings. The summed E-state index contributed by atoms with van der Waals surface area (Å²) < 4.78 is 106. The summed E-state index contributed by atoms with van der Waals surface area (Å²) in [4.78, 5) is 18.0. The summed E-state index contributed by atoms with van der Waals surface area (Å²) in [6, 6.07) is 5.79. The van der Waals surface area contributed by atoms with E-state index in [2.05, 4.69) is 20.5 Å². The maximum absolute atomic E-state index is 14.9. The van der Waals surface area contributed by atoms with Crippen LogP contribution in [-0.2, 0) is 32.0 Å². The number of hydrogen-bond donors (Lipinski definition) is 1. The molecule has 0 radical (unpaired) electrons. The molecule has 0 aliphatic heterocycles.